The Morgan fingerprint density at radius 1 is 0.605 bits per heavy atom. The van der Waals surface area contributed by atoms with Gasteiger partial charge in [0.15, 0.2) is 0 Å². The summed E-state index contributed by atoms with van der Waals surface area (Å²) in [5.41, 5.74) is -0.367. The number of rotatable bonds is 3. The van der Waals surface area contributed by atoms with E-state index in [0.717, 1.165) is 14.5 Å². The highest BCUT2D eigenvalue weighted by atomic mass is 16.3. The van der Waals surface area contributed by atoms with Crippen LogP contribution in [0.15, 0.2) is 128 Å². The van der Waals surface area contributed by atoms with Gasteiger partial charge in [-0.1, -0.05) is 78.9 Å². The summed E-state index contributed by atoms with van der Waals surface area (Å²) in [5.74, 6) is -0.0276. The van der Waals surface area contributed by atoms with Crippen LogP contribution in [0.1, 0.15) is 17.6 Å². The molecular weight excluding hydrogens is 548 g/mol. The van der Waals surface area contributed by atoms with E-state index in [1.807, 2.05) is 30.3 Å². The Balaban J connectivity index is 1.42. The molecule has 11 nitrogen and oxygen atoms in total. The minimum absolute atomic E-state index is 0.0276. The molecule has 0 radical (unpaired) electrons. The Hall–Kier alpha value is -5.84. The van der Waals surface area contributed by atoms with E-state index in [9.17, 15) is 24.3 Å². The van der Waals surface area contributed by atoms with Gasteiger partial charge in [0, 0.05) is 10.9 Å². The van der Waals surface area contributed by atoms with Gasteiger partial charge in [-0.3, -0.25) is 0 Å². The third-order valence-electron chi connectivity index (χ3n) is 8.46. The van der Waals surface area contributed by atoms with E-state index >= 15 is 0 Å². The molecular formula is C32H24N6O5. The van der Waals surface area contributed by atoms with E-state index in [1.165, 1.54) is 18.7 Å². The average Bonchev–Trinajstić information content (AvgIpc) is 3.45. The molecule has 0 saturated heterocycles. The van der Waals surface area contributed by atoms with E-state index in [2.05, 4.69) is 0 Å². The van der Waals surface area contributed by atoms with Crippen LogP contribution in [0, 0.1) is 0 Å². The molecule has 0 spiro atoms. The molecule has 43 heavy (non-hydrogen) atoms. The lowest BCUT2D eigenvalue weighted by atomic mass is 9.88. The molecule has 0 unspecified atom stereocenters. The SMILES string of the molecule is O=c1n(-c2ccccc2)c(=O)n2n1CC=C1[C@H]2Cn2c(=O)n(-c3ccccc3)c(=O)n2[C@H]1c1ccc2ccccc2c1O. The van der Waals surface area contributed by atoms with Crippen LogP contribution in [-0.4, -0.2) is 33.0 Å². The van der Waals surface area contributed by atoms with Gasteiger partial charge in [-0.2, -0.15) is 0 Å². The van der Waals surface area contributed by atoms with Gasteiger partial charge in [-0.05, 0) is 35.2 Å². The Bertz CT molecular complexity index is 2350. The van der Waals surface area contributed by atoms with E-state index in [0.29, 0.717) is 27.9 Å². The Kier molecular flexibility index (Phi) is 5.26. The number of aromatic nitrogens is 6. The first-order valence-corrected chi connectivity index (χ1v) is 13.9. The number of aromatic hydroxyl groups is 1. The van der Waals surface area contributed by atoms with Gasteiger partial charge in [0.05, 0.1) is 30.5 Å². The molecule has 8 rings (SSSR count). The molecule has 0 bridgehead atoms. The van der Waals surface area contributed by atoms with Gasteiger partial charge in [0.25, 0.3) is 0 Å². The predicted molar refractivity (Wildman–Crippen MR) is 159 cm³/mol. The van der Waals surface area contributed by atoms with Gasteiger partial charge in [-0.15, -0.1) is 0 Å². The number of benzene rings is 4. The van der Waals surface area contributed by atoms with Crippen molar-refractivity contribution >= 4 is 10.8 Å². The molecule has 2 aliphatic heterocycles. The number of nitrogens with zero attached hydrogens (tertiary/aromatic N) is 6. The summed E-state index contributed by atoms with van der Waals surface area (Å²) in [6.07, 6.45) is 1.82. The van der Waals surface area contributed by atoms with Gasteiger partial charge in [0.1, 0.15) is 11.8 Å². The highest BCUT2D eigenvalue weighted by Gasteiger charge is 2.42. The van der Waals surface area contributed by atoms with Crippen molar-refractivity contribution in [2.45, 2.75) is 25.2 Å². The summed E-state index contributed by atoms with van der Waals surface area (Å²) >= 11 is 0. The van der Waals surface area contributed by atoms with Gasteiger partial charge in [0.2, 0.25) is 0 Å². The molecule has 212 valence electrons. The Labute approximate surface area is 242 Å². The minimum Gasteiger partial charge on any atom is -0.507 e. The number of fused-ring (bicyclic) bond motifs is 5. The lowest BCUT2D eigenvalue weighted by Crippen LogP contribution is -2.47. The fraction of sp³-hybridized carbons (Fsp3) is 0.125. The molecule has 4 aromatic carbocycles. The second-order valence-electron chi connectivity index (χ2n) is 10.7. The standard InChI is InChI=1S/C32H24N6O5/c39-28-23-14-8-7-9-20(23)15-16-25(28)27-24-17-18-33-29(40)35(21-10-3-1-4-11-21)31(42)37(33)26(24)19-34-30(41)36(32(43)38(27)34)22-12-5-2-6-13-22/h1-17,26-27,39H,18-19H2/t26-,27-/m1/s1. The number of para-hydroxylation sites is 2. The molecule has 0 aliphatic carbocycles. The van der Waals surface area contributed by atoms with Crippen LogP contribution in [-0.2, 0) is 13.1 Å². The number of hydrogen-bond donors (Lipinski definition) is 1. The molecule has 0 amide bonds. The van der Waals surface area contributed by atoms with Crippen molar-refractivity contribution in [1.82, 2.24) is 27.9 Å². The van der Waals surface area contributed by atoms with Gasteiger partial charge < -0.3 is 5.11 Å². The number of allylic oxidation sites excluding steroid dienone is 2. The second-order valence-corrected chi connectivity index (χ2v) is 10.7. The lowest BCUT2D eigenvalue weighted by Gasteiger charge is -2.37. The Morgan fingerprint density at radius 2 is 1.19 bits per heavy atom. The number of phenols is 1. The fourth-order valence-corrected chi connectivity index (χ4v) is 6.52. The third kappa shape index (κ3) is 3.41. The maximum atomic E-state index is 14.1. The zero-order chi connectivity index (χ0) is 29.4. The van der Waals surface area contributed by atoms with Crippen molar-refractivity contribution in [2.75, 3.05) is 0 Å². The first-order valence-electron chi connectivity index (χ1n) is 13.9. The largest absolute Gasteiger partial charge is 0.507 e. The summed E-state index contributed by atoms with van der Waals surface area (Å²) < 4.78 is 7.59. The lowest BCUT2D eigenvalue weighted by molar-refractivity contribution is 0.244. The zero-order valence-electron chi connectivity index (χ0n) is 22.6. The van der Waals surface area contributed by atoms with E-state index in [4.69, 9.17) is 0 Å². The molecule has 0 fully saturated rings. The topological polar surface area (TPSA) is 118 Å². The first-order chi connectivity index (χ1) is 21.0. The molecule has 2 aromatic heterocycles. The second kappa shape index (κ2) is 9.08. The van der Waals surface area contributed by atoms with Crippen LogP contribution < -0.4 is 22.8 Å². The summed E-state index contributed by atoms with van der Waals surface area (Å²) in [6.45, 7) is 0.00565. The maximum Gasteiger partial charge on any atom is 0.352 e. The average molecular weight is 573 g/mol. The highest BCUT2D eigenvalue weighted by molar-refractivity contribution is 5.89. The zero-order valence-corrected chi connectivity index (χ0v) is 22.6. The van der Waals surface area contributed by atoms with Crippen molar-refractivity contribution < 1.29 is 5.11 Å². The van der Waals surface area contributed by atoms with Crippen molar-refractivity contribution in [1.29, 1.82) is 0 Å². The number of hydrogen-bond acceptors (Lipinski definition) is 5. The monoisotopic (exact) mass is 572 g/mol. The van der Waals surface area contributed by atoms with Crippen LogP contribution in [0.5, 0.6) is 5.75 Å². The summed E-state index contributed by atoms with van der Waals surface area (Å²) in [5, 5.41) is 13.0. The van der Waals surface area contributed by atoms with E-state index < -0.39 is 34.8 Å². The van der Waals surface area contributed by atoms with Crippen LogP contribution in [0.25, 0.3) is 22.1 Å². The van der Waals surface area contributed by atoms with Crippen LogP contribution in [0.2, 0.25) is 0 Å². The van der Waals surface area contributed by atoms with Gasteiger partial charge >= 0.3 is 22.8 Å². The van der Waals surface area contributed by atoms with E-state index in [-0.39, 0.29) is 18.8 Å². The smallest absolute Gasteiger partial charge is 0.352 e. The highest BCUT2D eigenvalue weighted by Crippen LogP contribution is 2.43. The molecule has 4 heterocycles. The van der Waals surface area contributed by atoms with Crippen molar-refractivity contribution in [2.24, 2.45) is 0 Å². The van der Waals surface area contributed by atoms with Crippen LogP contribution in [0.3, 0.4) is 0 Å². The fourth-order valence-electron chi connectivity index (χ4n) is 6.52. The third-order valence-corrected chi connectivity index (χ3v) is 8.46. The summed E-state index contributed by atoms with van der Waals surface area (Å²) in [7, 11) is 0. The summed E-state index contributed by atoms with van der Waals surface area (Å²) in [6, 6.07) is 26.5. The maximum absolute atomic E-state index is 14.1. The Morgan fingerprint density at radius 3 is 1.86 bits per heavy atom. The molecule has 6 aromatic rings. The quantitative estimate of drug-likeness (QED) is 0.327. The molecule has 0 saturated carbocycles. The number of phenolic OH excluding ortho intramolecular Hbond substituents is 1. The molecule has 2 aliphatic rings. The van der Waals surface area contributed by atoms with E-state index in [1.54, 1.807) is 72.8 Å². The molecule has 2 atom stereocenters. The van der Waals surface area contributed by atoms with Crippen molar-refractivity contribution in [3.05, 3.63) is 156 Å². The predicted octanol–water partition coefficient (Wildman–Crippen LogP) is 2.56. The van der Waals surface area contributed by atoms with Crippen LogP contribution in [0.4, 0.5) is 0 Å². The normalized spacial score (nSPS) is 17.3. The molecule has 11 heteroatoms. The minimum atomic E-state index is -0.927. The van der Waals surface area contributed by atoms with Crippen molar-refractivity contribution in [3.8, 4) is 17.1 Å². The summed E-state index contributed by atoms with van der Waals surface area (Å²) in [4.78, 5) is 55.5. The molecule has 1 N–H and O–H groups in total. The van der Waals surface area contributed by atoms with Gasteiger partial charge in [-0.25, -0.2) is 47.0 Å². The van der Waals surface area contributed by atoms with Crippen LogP contribution >= 0.6 is 0 Å². The first kappa shape index (κ1) is 24.9. The van der Waals surface area contributed by atoms with Crippen molar-refractivity contribution in [3.63, 3.8) is 0 Å².